The monoisotopic (exact) mass is 360 g/mol. The molecule has 7 nitrogen and oxygen atoms in total. The lowest BCUT2D eigenvalue weighted by atomic mass is 9.95. The minimum absolute atomic E-state index is 0.0739. The highest BCUT2D eigenvalue weighted by Gasteiger charge is 2.29. The zero-order chi connectivity index (χ0) is 18.4. The molecule has 3 rings (SSSR count). The molecule has 7 heteroatoms. The minimum atomic E-state index is 0.0739. The van der Waals surface area contributed by atoms with Crippen molar-refractivity contribution < 1.29 is 13.7 Å². The number of nitrogens with zero attached hydrogens (tertiary/aromatic N) is 4. The first-order valence-corrected chi connectivity index (χ1v) is 9.54. The van der Waals surface area contributed by atoms with Crippen LogP contribution in [0.2, 0.25) is 0 Å². The van der Waals surface area contributed by atoms with Crippen molar-refractivity contribution in [2.75, 3.05) is 19.6 Å². The van der Waals surface area contributed by atoms with E-state index in [4.69, 9.17) is 8.94 Å². The fraction of sp³-hybridized carbons (Fsp3) is 0.632. The lowest BCUT2D eigenvalue weighted by molar-refractivity contribution is -0.137. The van der Waals surface area contributed by atoms with Crippen LogP contribution in [0.4, 0.5) is 0 Å². The summed E-state index contributed by atoms with van der Waals surface area (Å²) >= 11 is 0. The van der Waals surface area contributed by atoms with Crippen molar-refractivity contribution in [1.82, 2.24) is 19.9 Å². The smallest absolute Gasteiger partial charge is 0.226 e. The van der Waals surface area contributed by atoms with E-state index in [1.165, 1.54) is 0 Å². The fourth-order valence-corrected chi connectivity index (χ4v) is 3.41. The number of carbonyl (C=O) groups excluding carboxylic acids is 1. The highest BCUT2D eigenvalue weighted by Crippen LogP contribution is 2.22. The molecule has 1 saturated heterocycles. The van der Waals surface area contributed by atoms with Gasteiger partial charge >= 0.3 is 0 Å². The van der Waals surface area contributed by atoms with E-state index in [2.05, 4.69) is 22.0 Å². The molecule has 2 aromatic rings. The molecule has 0 bridgehead atoms. The van der Waals surface area contributed by atoms with Crippen LogP contribution in [0.25, 0.3) is 0 Å². The van der Waals surface area contributed by atoms with Crippen LogP contribution in [0.5, 0.6) is 0 Å². The molecule has 26 heavy (non-hydrogen) atoms. The Morgan fingerprint density at radius 1 is 1.35 bits per heavy atom. The van der Waals surface area contributed by atoms with Crippen molar-refractivity contribution in [1.29, 1.82) is 0 Å². The summed E-state index contributed by atoms with van der Waals surface area (Å²) in [5.41, 5.74) is 0. The van der Waals surface area contributed by atoms with Gasteiger partial charge in [-0.15, -0.1) is 0 Å². The van der Waals surface area contributed by atoms with Gasteiger partial charge in [0.05, 0.1) is 19.4 Å². The summed E-state index contributed by atoms with van der Waals surface area (Å²) in [6.45, 7) is 7.79. The van der Waals surface area contributed by atoms with Crippen molar-refractivity contribution in [3.05, 3.63) is 35.9 Å². The van der Waals surface area contributed by atoms with Gasteiger partial charge < -0.3 is 13.8 Å². The highest BCUT2D eigenvalue weighted by atomic mass is 16.5. The zero-order valence-electron chi connectivity index (χ0n) is 15.7. The van der Waals surface area contributed by atoms with Crippen LogP contribution in [0.1, 0.15) is 50.6 Å². The topological polar surface area (TPSA) is 75.6 Å². The van der Waals surface area contributed by atoms with Crippen LogP contribution in [0.3, 0.4) is 0 Å². The van der Waals surface area contributed by atoms with Crippen LogP contribution >= 0.6 is 0 Å². The van der Waals surface area contributed by atoms with Crippen LogP contribution in [0, 0.1) is 5.92 Å². The van der Waals surface area contributed by atoms with Gasteiger partial charge in [0, 0.05) is 18.9 Å². The minimum Gasteiger partial charge on any atom is -0.468 e. The number of hydrogen-bond donors (Lipinski definition) is 0. The maximum atomic E-state index is 12.9. The number of aryl methyl sites for hydroxylation is 1. The van der Waals surface area contributed by atoms with E-state index in [0.717, 1.165) is 51.1 Å². The van der Waals surface area contributed by atoms with E-state index < -0.39 is 0 Å². The lowest BCUT2D eigenvalue weighted by Gasteiger charge is -2.33. The van der Waals surface area contributed by atoms with E-state index in [1.54, 1.807) is 6.26 Å². The molecular formula is C19H28N4O3. The number of furan rings is 1. The molecule has 0 radical (unpaired) electrons. The van der Waals surface area contributed by atoms with Crippen LogP contribution in [-0.4, -0.2) is 45.5 Å². The Kier molecular flexibility index (Phi) is 6.44. The predicted molar refractivity (Wildman–Crippen MR) is 96.1 cm³/mol. The first-order chi connectivity index (χ1) is 12.7. The van der Waals surface area contributed by atoms with Gasteiger partial charge in [-0.05, 0) is 51.4 Å². The maximum absolute atomic E-state index is 12.9. The number of piperidine rings is 1. The molecule has 142 valence electrons. The van der Waals surface area contributed by atoms with Crippen LogP contribution in [-0.2, 0) is 24.3 Å². The van der Waals surface area contributed by atoms with Gasteiger partial charge in [0.2, 0.25) is 11.8 Å². The number of likely N-dealkylation sites (tertiary alicyclic amines) is 1. The van der Waals surface area contributed by atoms with Gasteiger partial charge in [-0.25, -0.2) is 0 Å². The van der Waals surface area contributed by atoms with E-state index in [0.29, 0.717) is 24.8 Å². The quantitative estimate of drug-likeness (QED) is 0.720. The third-order valence-corrected chi connectivity index (χ3v) is 4.90. The normalized spacial score (nSPS) is 16.1. The van der Waals surface area contributed by atoms with Gasteiger partial charge in [0.15, 0.2) is 5.82 Å². The number of hydrogen-bond acceptors (Lipinski definition) is 6. The summed E-state index contributed by atoms with van der Waals surface area (Å²) in [4.78, 5) is 21.5. The lowest BCUT2D eigenvalue weighted by Crippen LogP contribution is -2.42. The molecule has 3 heterocycles. The summed E-state index contributed by atoms with van der Waals surface area (Å²) in [6, 6.07) is 3.91. The van der Waals surface area contributed by atoms with E-state index in [-0.39, 0.29) is 11.8 Å². The van der Waals surface area contributed by atoms with Crippen molar-refractivity contribution >= 4 is 5.91 Å². The van der Waals surface area contributed by atoms with Gasteiger partial charge in [-0.1, -0.05) is 12.1 Å². The number of rotatable bonds is 8. The number of carbonyl (C=O) groups is 1. The molecule has 0 saturated carbocycles. The standard InChI is InChI=1S/C19H28N4O3/c1-3-6-18-20-17(21-26-18)14-23(4-2)19(24)15-8-10-22(11-9-15)13-16-7-5-12-25-16/h5,7,12,15H,3-4,6,8-11,13-14H2,1-2H3. The van der Waals surface area contributed by atoms with Crippen LogP contribution in [0.15, 0.2) is 27.3 Å². The average molecular weight is 360 g/mol. The summed E-state index contributed by atoms with van der Waals surface area (Å²) in [5.74, 6) is 2.50. The number of aromatic nitrogens is 2. The van der Waals surface area contributed by atoms with Gasteiger partial charge in [-0.2, -0.15) is 4.98 Å². The first-order valence-electron chi connectivity index (χ1n) is 9.54. The van der Waals surface area contributed by atoms with Crippen molar-refractivity contribution in [2.45, 2.75) is 52.6 Å². The van der Waals surface area contributed by atoms with E-state index in [9.17, 15) is 4.79 Å². The van der Waals surface area contributed by atoms with E-state index >= 15 is 0 Å². The Balaban J connectivity index is 1.50. The second kappa shape index (κ2) is 8.98. The molecule has 1 aliphatic rings. The Morgan fingerprint density at radius 3 is 2.81 bits per heavy atom. The van der Waals surface area contributed by atoms with Gasteiger partial charge in [0.25, 0.3) is 0 Å². The van der Waals surface area contributed by atoms with Crippen LogP contribution < -0.4 is 0 Å². The largest absolute Gasteiger partial charge is 0.468 e. The maximum Gasteiger partial charge on any atom is 0.226 e. The molecule has 0 aromatic carbocycles. The van der Waals surface area contributed by atoms with Gasteiger partial charge in [0.1, 0.15) is 5.76 Å². The second-order valence-corrected chi connectivity index (χ2v) is 6.84. The Hall–Kier alpha value is -2.15. The average Bonchev–Trinajstić information content (AvgIpc) is 3.32. The molecule has 1 fully saturated rings. The molecule has 0 aliphatic carbocycles. The van der Waals surface area contributed by atoms with Crippen molar-refractivity contribution in [3.63, 3.8) is 0 Å². The molecule has 0 unspecified atom stereocenters. The molecule has 1 amide bonds. The molecule has 0 N–H and O–H groups in total. The third-order valence-electron chi connectivity index (χ3n) is 4.90. The SMILES string of the molecule is CCCc1nc(CN(CC)C(=O)C2CCN(Cc3ccco3)CC2)no1. The summed E-state index contributed by atoms with van der Waals surface area (Å²) in [5, 5.41) is 4.01. The zero-order valence-corrected chi connectivity index (χ0v) is 15.7. The van der Waals surface area contributed by atoms with Crippen molar-refractivity contribution in [2.24, 2.45) is 5.92 Å². The molecular weight excluding hydrogens is 332 g/mol. The summed E-state index contributed by atoms with van der Waals surface area (Å²) in [6.07, 6.45) is 5.21. The molecule has 0 atom stereocenters. The Morgan fingerprint density at radius 2 is 2.15 bits per heavy atom. The third kappa shape index (κ3) is 4.72. The predicted octanol–water partition coefficient (Wildman–Crippen LogP) is 2.88. The molecule has 1 aliphatic heterocycles. The summed E-state index contributed by atoms with van der Waals surface area (Å²) in [7, 11) is 0. The highest BCUT2D eigenvalue weighted by molar-refractivity contribution is 5.78. The second-order valence-electron chi connectivity index (χ2n) is 6.84. The van der Waals surface area contributed by atoms with Crippen molar-refractivity contribution in [3.8, 4) is 0 Å². The van der Waals surface area contributed by atoms with Gasteiger partial charge in [-0.3, -0.25) is 9.69 Å². The van der Waals surface area contributed by atoms with E-state index in [1.807, 2.05) is 24.0 Å². The fourth-order valence-electron chi connectivity index (χ4n) is 3.41. The first kappa shape index (κ1) is 18.6. The summed E-state index contributed by atoms with van der Waals surface area (Å²) < 4.78 is 10.6. The molecule has 0 spiro atoms. The Bertz CT molecular complexity index is 675. The molecule has 2 aromatic heterocycles. The number of amides is 1. The Labute approximate surface area is 154 Å².